The molecule has 5 nitrogen and oxygen atoms in total. The van der Waals surface area contributed by atoms with Gasteiger partial charge >= 0.3 is 0 Å². The molecule has 2 fully saturated rings. The van der Waals surface area contributed by atoms with Crippen molar-refractivity contribution in [3.05, 3.63) is 5.28 Å². The zero-order valence-electron chi connectivity index (χ0n) is 12.1. The van der Waals surface area contributed by atoms with Gasteiger partial charge in [0.15, 0.2) is 0 Å². The van der Waals surface area contributed by atoms with Gasteiger partial charge < -0.3 is 9.80 Å². The minimum Gasteiger partial charge on any atom is -0.341 e. The van der Waals surface area contributed by atoms with Crippen molar-refractivity contribution in [2.45, 2.75) is 51.0 Å². The van der Waals surface area contributed by atoms with E-state index in [2.05, 4.69) is 31.8 Å². The van der Waals surface area contributed by atoms with Gasteiger partial charge in [0.1, 0.15) is 0 Å². The smallest absolute Gasteiger partial charge is 0.231 e. The molecule has 0 bridgehead atoms. The number of nitrogens with zero attached hydrogens (tertiary/aromatic N) is 5. The summed E-state index contributed by atoms with van der Waals surface area (Å²) in [5, 5.41) is 0.305. The van der Waals surface area contributed by atoms with E-state index in [1.807, 2.05) is 0 Å². The van der Waals surface area contributed by atoms with Crippen LogP contribution in [-0.2, 0) is 0 Å². The highest BCUT2D eigenvalue weighted by Gasteiger charge is 2.23. The quantitative estimate of drug-likeness (QED) is 0.858. The Bertz CT molecular complexity index is 455. The Balaban J connectivity index is 1.80. The first kappa shape index (κ1) is 13.9. The summed E-state index contributed by atoms with van der Waals surface area (Å²) in [6.45, 7) is 2.04. The fourth-order valence-corrected chi connectivity index (χ4v) is 3.33. The summed E-state index contributed by atoms with van der Waals surface area (Å²) in [6.07, 6.45) is 8.80. The van der Waals surface area contributed by atoms with Crippen LogP contribution in [0.2, 0.25) is 5.28 Å². The van der Waals surface area contributed by atoms with E-state index in [0.29, 0.717) is 11.3 Å². The molecule has 2 aliphatic rings. The van der Waals surface area contributed by atoms with Gasteiger partial charge in [-0.3, -0.25) is 0 Å². The van der Waals surface area contributed by atoms with E-state index in [1.165, 1.54) is 44.9 Å². The maximum Gasteiger partial charge on any atom is 0.231 e. The molecular weight excluding hydrogens is 274 g/mol. The molecule has 3 rings (SSSR count). The molecule has 0 radical (unpaired) electrons. The summed E-state index contributed by atoms with van der Waals surface area (Å²) in [6, 6.07) is 0.536. The van der Waals surface area contributed by atoms with Crippen molar-refractivity contribution < 1.29 is 0 Å². The van der Waals surface area contributed by atoms with E-state index in [9.17, 15) is 0 Å². The normalized spacial score (nSPS) is 20.4. The number of aromatic nitrogens is 3. The first-order valence-corrected chi connectivity index (χ1v) is 8.01. The van der Waals surface area contributed by atoms with Crippen molar-refractivity contribution >= 4 is 23.5 Å². The summed E-state index contributed by atoms with van der Waals surface area (Å²) in [5.74, 6) is 1.46. The van der Waals surface area contributed by atoms with Crippen LogP contribution in [0.3, 0.4) is 0 Å². The van der Waals surface area contributed by atoms with Crippen molar-refractivity contribution in [3.8, 4) is 0 Å². The highest BCUT2D eigenvalue weighted by Crippen LogP contribution is 2.26. The summed E-state index contributed by atoms with van der Waals surface area (Å²) < 4.78 is 0. The number of rotatable bonds is 3. The third-order valence-electron chi connectivity index (χ3n) is 4.41. The second-order valence-electron chi connectivity index (χ2n) is 5.80. The number of hydrogen-bond acceptors (Lipinski definition) is 5. The fraction of sp³-hybridized carbons (Fsp3) is 0.786. The zero-order chi connectivity index (χ0) is 13.9. The Morgan fingerprint density at radius 1 is 1.00 bits per heavy atom. The maximum absolute atomic E-state index is 6.10. The van der Waals surface area contributed by atoms with Crippen LogP contribution in [0.1, 0.15) is 44.9 Å². The van der Waals surface area contributed by atoms with Gasteiger partial charge in [-0.2, -0.15) is 15.0 Å². The third-order valence-corrected chi connectivity index (χ3v) is 4.58. The van der Waals surface area contributed by atoms with Crippen LogP contribution in [0.4, 0.5) is 11.9 Å². The highest BCUT2D eigenvalue weighted by atomic mass is 35.5. The van der Waals surface area contributed by atoms with Crippen LogP contribution in [-0.4, -0.2) is 41.1 Å². The summed E-state index contributed by atoms with van der Waals surface area (Å²) in [4.78, 5) is 17.6. The standard InChI is InChI=1S/C14H22ClN5/c1-19(11-7-3-2-4-8-11)13-16-12(15)17-14(18-13)20-9-5-6-10-20/h11H,2-10H2,1H3. The largest absolute Gasteiger partial charge is 0.341 e. The second kappa shape index (κ2) is 6.12. The Morgan fingerprint density at radius 2 is 1.70 bits per heavy atom. The molecule has 1 aliphatic heterocycles. The van der Waals surface area contributed by atoms with E-state index < -0.39 is 0 Å². The topological polar surface area (TPSA) is 45.2 Å². The fourth-order valence-electron chi connectivity index (χ4n) is 3.18. The summed E-state index contributed by atoms with van der Waals surface area (Å²) in [7, 11) is 2.08. The first-order valence-electron chi connectivity index (χ1n) is 7.63. The molecule has 2 heterocycles. The van der Waals surface area contributed by atoms with Crippen LogP contribution < -0.4 is 9.80 Å². The molecule has 1 aromatic heterocycles. The van der Waals surface area contributed by atoms with E-state index in [-0.39, 0.29) is 0 Å². The lowest BCUT2D eigenvalue weighted by Crippen LogP contribution is -2.35. The molecule has 1 aromatic rings. The molecule has 1 saturated carbocycles. The van der Waals surface area contributed by atoms with Crippen molar-refractivity contribution in [3.63, 3.8) is 0 Å². The molecule has 0 atom stereocenters. The molecule has 110 valence electrons. The average molecular weight is 296 g/mol. The van der Waals surface area contributed by atoms with Gasteiger partial charge in [0.25, 0.3) is 0 Å². The van der Waals surface area contributed by atoms with E-state index >= 15 is 0 Å². The van der Waals surface area contributed by atoms with Crippen LogP contribution in [0.5, 0.6) is 0 Å². The minimum absolute atomic E-state index is 0.305. The molecule has 0 aromatic carbocycles. The van der Waals surface area contributed by atoms with Crippen molar-refractivity contribution in [2.24, 2.45) is 0 Å². The molecule has 0 N–H and O–H groups in total. The van der Waals surface area contributed by atoms with Gasteiger partial charge in [0, 0.05) is 26.2 Å². The number of hydrogen-bond donors (Lipinski definition) is 0. The van der Waals surface area contributed by atoms with Gasteiger partial charge in [-0.1, -0.05) is 19.3 Å². The van der Waals surface area contributed by atoms with Crippen LogP contribution in [0.25, 0.3) is 0 Å². The molecule has 0 amide bonds. The van der Waals surface area contributed by atoms with Crippen LogP contribution in [0.15, 0.2) is 0 Å². The average Bonchev–Trinajstić information content (AvgIpc) is 3.01. The van der Waals surface area contributed by atoms with Gasteiger partial charge in [-0.25, -0.2) is 0 Å². The highest BCUT2D eigenvalue weighted by molar-refractivity contribution is 6.28. The lowest BCUT2D eigenvalue weighted by molar-refractivity contribution is 0.424. The Morgan fingerprint density at radius 3 is 2.40 bits per heavy atom. The Labute approximate surface area is 125 Å². The number of halogens is 1. The number of anilines is 2. The lowest BCUT2D eigenvalue weighted by Gasteiger charge is -2.31. The van der Waals surface area contributed by atoms with E-state index in [0.717, 1.165) is 25.0 Å². The van der Waals surface area contributed by atoms with Crippen molar-refractivity contribution in [1.29, 1.82) is 0 Å². The van der Waals surface area contributed by atoms with Crippen LogP contribution in [0, 0.1) is 0 Å². The SMILES string of the molecule is CN(c1nc(Cl)nc(N2CCCC2)n1)C1CCCCC1. The van der Waals surface area contributed by atoms with Gasteiger partial charge in [-0.15, -0.1) is 0 Å². The minimum atomic E-state index is 0.305. The molecule has 1 aliphatic carbocycles. The van der Waals surface area contributed by atoms with Gasteiger partial charge in [0.2, 0.25) is 17.2 Å². The monoisotopic (exact) mass is 295 g/mol. The van der Waals surface area contributed by atoms with E-state index in [4.69, 9.17) is 11.6 Å². The molecule has 20 heavy (non-hydrogen) atoms. The third kappa shape index (κ3) is 2.97. The maximum atomic E-state index is 6.10. The van der Waals surface area contributed by atoms with Crippen molar-refractivity contribution in [2.75, 3.05) is 29.9 Å². The molecule has 0 unspecified atom stereocenters. The lowest BCUT2D eigenvalue weighted by atomic mass is 9.95. The zero-order valence-corrected chi connectivity index (χ0v) is 12.8. The van der Waals surface area contributed by atoms with Gasteiger partial charge in [0.05, 0.1) is 0 Å². The molecule has 1 saturated heterocycles. The Kier molecular flexibility index (Phi) is 4.24. The van der Waals surface area contributed by atoms with Crippen molar-refractivity contribution in [1.82, 2.24) is 15.0 Å². The molecule has 6 heteroatoms. The first-order chi connectivity index (χ1) is 9.74. The van der Waals surface area contributed by atoms with E-state index in [1.54, 1.807) is 0 Å². The predicted molar refractivity (Wildman–Crippen MR) is 81.6 cm³/mol. The second-order valence-corrected chi connectivity index (χ2v) is 6.14. The Hall–Kier alpha value is -1.10. The predicted octanol–water partition coefficient (Wildman–Crippen LogP) is 2.89. The molecular formula is C14H22ClN5. The summed E-state index contributed by atoms with van der Waals surface area (Å²) in [5.41, 5.74) is 0. The summed E-state index contributed by atoms with van der Waals surface area (Å²) >= 11 is 6.10. The van der Waals surface area contributed by atoms with Crippen LogP contribution >= 0.6 is 11.6 Å². The van der Waals surface area contributed by atoms with Gasteiger partial charge in [-0.05, 0) is 37.3 Å². The molecule has 0 spiro atoms.